The average Bonchev–Trinajstić information content (AvgIpc) is 3.20. The summed E-state index contributed by atoms with van der Waals surface area (Å²) in [4.78, 5) is 15.6. The molecule has 1 saturated heterocycles. The molecule has 3 aromatic carbocycles. The largest absolute Gasteiger partial charge is 0.369 e. The van der Waals surface area contributed by atoms with E-state index in [-0.39, 0.29) is 11.8 Å². The summed E-state index contributed by atoms with van der Waals surface area (Å²) in [7, 11) is 0. The first-order valence-electron chi connectivity index (χ1n) is 10.3. The minimum Gasteiger partial charge on any atom is -0.369 e. The molecule has 1 unspecified atom stereocenters. The molecule has 3 nitrogen and oxygen atoms in total. The van der Waals surface area contributed by atoms with Gasteiger partial charge in [0.25, 0.3) is 0 Å². The van der Waals surface area contributed by atoms with Crippen LogP contribution in [0.4, 0.5) is 0 Å². The molecule has 0 aliphatic carbocycles. The van der Waals surface area contributed by atoms with Gasteiger partial charge in [-0.05, 0) is 42.5 Å². The van der Waals surface area contributed by atoms with Gasteiger partial charge in [-0.1, -0.05) is 90.5 Å². The Hall–Kier alpha value is -2.91. The van der Waals surface area contributed by atoms with Crippen LogP contribution >= 0.6 is 0 Å². The zero-order valence-electron chi connectivity index (χ0n) is 16.9. The fraction of sp³-hybridized carbons (Fsp3) is 0.269. The normalized spacial score (nSPS) is 17.3. The lowest BCUT2D eigenvalue weighted by Gasteiger charge is -2.37. The lowest BCUT2D eigenvalue weighted by atomic mass is 9.64. The highest BCUT2D eigenvalue weighted by Gasteiger charge is 2.49. The minimum atomic E-state index is -0.815. The fourth-order valence-electron chi connectivity index (χ4n) is 4.81. The van der Waals surface area contributed by atoms with Crippen molar-refractivity contribution in [2.75, 3.05) is 13.1 Å². The molecule has 0 spiro atoms. The van der Waals surface area contributed by atoms with Crippen molar-refractivity contribution < 1.29 is 4.79 Å². The first-order valence-corrected chi connectivity index (χ1v) is 10.3. The smallest absolute Gasteiger partial charge is 0.232 e. The Labute approximate surface area is 173 Å². The molecule has 0 saturated carbocycles. The van der Waals surface area contributed by atoms with Crippen LogP contribution in [0.3, 0.4) is 0 Å². The third-order valence-electron chi connectivity index (χ3n) is 6.26. The summed E-state index contributed by atoms with van der Waals surface area (Å²) in [5.74, 6) is -0.132. The van der Waals surface area contributed by atoms with E-state index in [9.17, 15) is 4.79 Å². The molecule has 1 fully saturated rings. The van der Waals surface area contributed by atoms with Crippen molar-refractivity contribution in [2.45, 2.75) is 25.3 Å². The maximum Gasteiger partial charge on any atom is 0.232 e. The summed E-state index contributed by atoms with van der Waals surface area (Å²) < 4.78 is 0. The van der Waals surface area contributed by atoms with Gasteiger partial charge in [-0.3, -0.25) is 9.69 Å². The lowest BCUT2D eigenvalue weighted by Crippen LogP contribution is -2.49. The SMILES string of the molecule is Cc1ccc(CN2CCC(C(C(N)=O)(c3ccccc3)c3ccccc3)C2)cc1. The molecule has 0 bridgehead atoms. The maximum absolute atomic E-state index is 13.1. The number of hydrogen-bond acceptors (Lipinski definition) is 2. The van der Waals surface area contributed by atoms with E-state index in [1.165, 1.54) is 11.1 Å². The monoisotopic (exact) mass is 384 g/mol. The van der Waals surface area contributed by atoms with Gasteiger partial charge >= 0.3 is 0 Å². The number of nitrogens with zero attached hydrogens (tertiary/aromatic N) is 1. The van der Waals surface area contributed by atoms with Gasteiger partial charge in [-0.2, -0.15) is 0 Å². The fourth-order valence-corrected chi connectivity index (χ4v) is 4.81. The van der Waals surface area contributed by atoms with Crippen LogP contribution in [0.1, 0.15) is 28.7 Å². The topological polar surface area (TPSA) is 46.3 Å². The number of benzene rings is 3. The van der Waals surface area contributed by atoms with Crippen molar-refractivity contribution in [3.8, 4) is 0 Å². The van der Waals surface area contributed by atoms with Gasteiger partial charge < -0.3 is 5.73 Å². The van der Waals surface area contributed by atoms with Crippen LogP contribution in [0.15, 0.2) is 84.9 Å². The Bertz CT molecular complexity index is 912. The molecule has 148 valence electrons. The summed E-state index contributed by atoms with van der Waals surface area (Å²) in [5, 5.41) is 0. The van der Waals surface area contributed by atoms with E-state index in [0.29, 0.717) is 0 Å². The second kappa shape index (κ2) is 8.22. The summed E-state index contributed by atoms with van der Waals surface area (Å²) in [6.45, 7) is 4.82. The van der Waals surface area contributed by atoms with Crippen LogP contribution in [0, 0.1) is 12.8 Å². The van der Waals surface area contributed by atoms with E-state index in [2.05, 4.69) is 36.1 Å². The third kappa shape index (κ3) is 3.70. The summed E-state index contributed by atoms with van der Waals surface area (Å²) in [5.41, 5.74) is 9.91. The molecule has 3 heteroatoms. The van der Waals surface area contributed by atoms with Gasteiger partial charge in [0.15, 0.2) is 0 Å². The van der Waals surface area contributed by atoms with Crippen LogP contribution in [-0.4, -0.2) is 23.9 Å². The molecule has 0 radical (unpaired) electrons. The third-order valence-corrected chi connectivity index (χ3v) is 6.26. The highest BCUT2D eigenvalue weighted by atomic mass is 16.1. The van der Waals surface area contributed by atoms with Crippen LogP contribution in [0.2, 0.25) is 0 Å². The van der Waals surface area contributed by atoms with Gasteiger partial charge in [0.1, 0.15) is 5.41 Å². The highest BCUT2D eigenvalue weighted by Crippen LogP contribution is 2.43. The molecular weight excluding hydrogens is 356 g/mol. The van der Waals surface area contributed by atoms with E-state index in [0.717, 1.165) is 37.2 Å². The predicted molar refractivity (Wildman–Crippen MR) is 117 cm³/mol. The number of aryl methyl sites for hydroxylation is 1. The number of primary amides is 1. The Morgan fingerprint density at radius 3 is 2.00 bits per heavy atom. The number of hydrogen-bond donors (Lipinski definition) is 1. The number of amides is 1. The second-order valence-corrected chi connectivity index (χ2v) is 8.11. The predicted octanol–water partition coefficient (Wildman–Crippen LogP) is 4.29. The maximum atomic E-state index is 13.1. The summed E-state index contributed by atoms with van der Waals surface area (Å²) in [6.07, 6.45) is 0.943. The Morgan fingerprint density at radius 1 is 0.931 bits per heavy atom. The number of carbonyl (C=O) groups is 1. The first-order chi connectivity index (χ1) is 14.1. The van der Waals surface area contributed by atoms with Gasteiger partial charge in [0.05, 0.1) is 0 Å². The Morgan fingerprint density at radius 2 is 1.48 bits per heavy atom. The van der Waals surface area contributed by atoms with E-state index in [4.69, 9.17) is 5.73 Å². The molecule has 4 rings (SSSR count). The van der Waals surface area contributed by atoms with E-state index < -0.39 is 5.41 Å². The van der Waals surface area contributed by atoms with Crippen LogP contribution in [-0.2, 0) is 16.8 Å². The zero-order valence-corrected chi connectivity index (χ0v) is 16.9. The summed E-state index contributed by atoms with van der Waals surface area (Å²) in [6, 6.07) is 28.8. The van der Waals surface area contributed by atoms with Crippen LogP contribution < -0.4 is 5.73 Å². The molecule has 2 N–H and O–H groups in total. The van der Waals surface area contributed by atoms with Gasteiger partial charge in [-0.25, -0.2) is 0 Å². The Balaban J connectivity index is 1.69. The zero-order chi connectivity index (χ0) is 20.3. The van der Waals surface area contributed by atoms with Crippen molar-refractivity contribution in [1.82, 2.24) is 4.90 Å². The van der Waals surface area contributed by atoms with Crippen LogP contribution in [0.25, 0.3) is 0 Å². The molecule has 1 heterocycles. The number of rotatable bonds is 6. The molecule has 1 amide bonds. The van der Waals surface area contributed by atoms with E-state index in [1.807, 2.05) is 60.7 Å². The van der Waals surface area contributed by atoms with Crippen LogP contribution in [0.5, 0.6) is 0 Å². The van der Waals surface area contributed by atoms with E-state index >= 15 is 0 Å². The highest BCUT2D eigenvalue weighted by molar-refractivity contribution is 5.91. The van der Waals surface area contributed by atoms with Gasteiger partial charge in [0.2, 0.25) is 5.91 Å². The first kappa shape index (κ1) is 19.4. The quantitative estimate of drug-likeness (QED) is 0.689. The molecule has 1 atom stereocenters. The van der Waals surface area contributed by atoms with Crippen molar-refractivity contribution in [3.05, 3.63) is 107 Å². The molecule has 0 aromatic heterocycles. The Kier molecular flexibility index (Phi) is 5.50. The van der Waals surface area contributed by atoms with Crippen molar-refractivity contribution in [3.63, 3.8) is 0 Å². The van der Waals surface area contributed by atoms with E-state index in [1.54, 1.807) is 0 Å². The second-order valence-electron chi connectivity index (χ2n) is 8.11. The molecule has 1 aliphatic rings. The van der Waals surface area contributed by atoms with Crippen molar-refractivity contribution >= 4 is 5.91 Å². The average molecular weight is 385 g/mol. The number of likely N-dealkylation sites (tertiary alicyclic amines) is 1. The number of carbonyl (C=O) groups excluding carboxylic acids is 1. The standard InChI is InChI=1S/C26H28N2O/c1-20-12-14-21(15-13-20)18-28-17-16-24(19-28)26(25(27)29,22-8-4-2-5-9-22)23-10-6-3-7-11-23/h2-15,24H,16-19H2,1H3,(H2,27,29). The molecule has 29 heavy (non-hydrogen) atoms. The number of nitrogens with two attached hydrogens (primary N) is 1. The molecule has 3 aromatic rings. The summed E-state index contributed by atoms with van der Waals surface area (Å²) >= 11 is 0. The van der Waals surface area contributed by atoms with Crippen molar-refractivity contribution in [2.24, 2.45) is 11.7 Å². The van der Waals surface area contributed by atoms with Gasteiger partial charge in [0, 0.05) is 13.1 Å². The molecular formula is C26H28N2O. The van der Waals surface area contributed by atoms with Crippen molar-refractivity contribution in [1.29, 1.82) is 0 Å². The lowest BCUT2D eigenvalue weighted by molar-refractivity contribution is -0.123. The van der Waals surface area contributed by atoms with Gasteiger partial charge in [-0.15, -0.1) is 0 Å². The molecule has 1 aliphatic heterocycles. The minimum absolute atomic E-state index is 0.134.